The Balaban J connectivity index is 1.83. The van der Waals surface area contributed by atoms with Crippen LogP contribution in [0.4, 0.5) is 0 Å². The summed E-state index contributed by atoms with van der Waals surface area (Å²) in [5.41, 5.74) is -4.37. The van der Waals surface area contributed by atoms with E-state index >= 15 is 0 Å². The average Bonchev–Trinajstić information content (AvgIpc) is 2.84. The van der Waals surface area contributed by atoms with Gasteiger partial charge in [0.25, 0.3) is 0 Å². The van der Waals surface area contributed by atoms with Gasteiger partial charge in [-0.15, -0.1) is 11.6 Å². The molecule has 0 saturated heterocycles. The van der Waals surface area contributed by atoms with Crippen molar-refractivity contribution in [1.82, 2.24) is 0 Å². The van der Waals surface area contributed by atoms with Gasteiger partial charge in [0.05, 0.1) is 11.0 Å². The summed E-state index contributed by atoms with van der Waals surface area (Å²) in [4.78, 5) is 23.7. The lowest BCUT2D eigenvalue weighted by Crippen LogP contribution is -2.69. The zero-order valence-corrected chi connectivity index (χ0v) is 18.4. The number of aliphatic hydroxyl groups excluding tert-OH is 2. The fraction of sp³-hybridized carbons (Fsp3) is 0.727. The number of allylic oxidation sites excluding steroid dienone is 4. The first-order valence-electron chi connectivity index (χ1n) is 10.2. The summed E-state index contributed by atoms with van der Waals surface area (Å²) >= 11 is 13.0. The molecule has 0 radical (unpaired) electrons. The monoisotopic (exact) mass is 442 g/mol. The Morgan fingerprint density at radius 3 is 2.59 bits per heavy atom. The third kappa shape index (κ3) is 2.40. The van der Waals surface area contributed by atoms with Crippen LogP contribution in [0.25, 0.3) is 0 Å². The topological polar surface area (TPSA) is 94.8 Å². The Hall–Kier alpha value is -0.720. The Labute approximate surface area is 180 Å². The first-order chi connectivity index (χ1) is 13.3. The number of halogens is 2. The molecule has 4 rings (SSSR count). The fourth-order valence-electron chi connectivity index (χ4n) is 7.25. The zero-order chi connectivity index (χ0) is 21.6. The van der Waals surface area contributed by atoms with Crippen molar-refractivity contribution in [2.45, 2.75) is 68.6 Å². The summed E-state index contributed by atoms with van der Waals surface area (Å²) < 4.78 is 0. The lowest BCUT2D eigenvalue weighted by Gasteiger charge is -2.63. The number of hydrogen-bond donors (Lipinski definition) is 3. The minimum absolute atomic E-state index is 0.0723. The molecular weight excluding hydrogens is 415 g/mol. The molecule has 3 fully saturated rings. The van der Waals surface area contributed by atoms with Gasteiger partial charge >= 0.3 is 0 Å². The van der Waals surface area contributed by atoms with E-state index in [1.165, 1.54) is 6.08 Å². The van der Waals surface area contributed by atoms with Gasteiger partial charge in [0.2, 0.25) is 5.78 Å². The highest BCUT2D eigenvalue weighted by atomic mass is 35.5. The van der Waals surface area contributed by atoms with Crippen LogP contribution in [-0.4, -0.2) is 49.0 Å². The van der Waals surface area contributed by atoms with Crippen molar-refractivity contribution in [3.63, 3.8) is 0 Å². The second-order valence-corrected chi connectivity index (χ2v) is 10.9. The van der Waals surface area contributed by atoms with Crippen LogP contribution < -0.4 is 0 Å². The fourth-order valence-corrected chi connectivity index (χ4v) is 7.94. The SMILES string of the molecule is C[C@@H]1C[C@H]2C3CCC4=CC(=O)C=C[C@]4(C)[C@@]3(Cl)[C@@H](O)C[C@]2(C)[C@@]1(O)C(=O)C(O)Cl. The smallest absolute Gasteiger partial charge is 0.208 e. The second kappa shape index (κ2) is 6.39. The van der Waals surface area contributed by atoms with Crippen molar-refractivity contribution >= 4 is 34.8 Å². The largest absolute Gasteiger partial charge is 0.391 e. The first kappa shape index (κ1) is 21.5. The molecule has 0 amide bonds. The van der Waals surface area contributed by atoms with Gasteiger partial charge in [-0.05, 0) is 55.6 Å². The molecule has 4 aliphatic rings. The molecule has 0 aromatic heterocycles. The summed E-state index contributed by atoms with van der Waals surface area (Å²) in [5.74, 6) is -1.62. The molecule has 3 saturated carbocycles. The molecule has 5 nitrogen and oxygen atoms in total. The van der Waals surface area contributed by atoms with Crippen LogP contribution in [0, 0.1) is 28.6 Å². The molecule has 7 heteroatoms. The van der Waals surface area contributed by atoms with Crippen molar-refractivity contribution in [2.24, 2.45) is 28.6 Å². The minimum atomic E-state index is -1.84. The van der Waals surface area contributed by atoms with E-state index in [1.54, 1.807) is 13.0 Å². The number of ketones is 2. The number of carbonyl (C=O) groups excluding carboxylic acids is 2. The number of Topliss-reactive ketones (excluding diaryl/α,β-unsaturated/α-hetero) is 1. The molecule has 3 N–H and O–H groups in total. The van der Waals surface area contributed by atoms with Crippen molar-refractivity contribution < 1.29 is 24.9 Å². The van der Waals surface area contributed by atoms with E-state index in [-0.39, 0.29) is 24.0 Å². The highest BCUT2D eigenvalue weighted by molar-refractivity contribution is 6.31. The van der Waals surface area contributed by atoms with Crippen molar-refractivity contribution in [2.75, 3.05) is 0 Å². The first-order valence-corrected chi connectivity index (χ1v) is 11.1. The Kier molecular flexibility index (Phi) is 4.74. The van der Waals surface area contributed by atoms with Gasteiger partial charge in [0.15, 0.2) is 11.3 Å². The molecule has 9 atom stereocenters. The summed E-state index contributed by atoms with van der Waals surface area (Å²) in [5, 5.41) is 32.7. The van der Waals surface area contributed by atoms with Crippen molar-refractivity contribution in [3.8, 4) is 0 Å². The summed E-state index contributed by atoms with van der Waals surface area (Å²) in [6.45, 7) is 5.56. The number of fused-ring (bicyclic) bond motifs is 5. The molecule has 29 heavy (non-hydrogen) atoms. The quantitative estimate of drug-likeness (QED) is 0.571. The van der Waals surface area contributed by atoms with Crippen LogP contribution in [0.3, 0.4) is 0 Å². The molecule has 2 unspecified atom stereocenters. The molecular formula is C22H28Cl2O5. The van der Waals surface area contributed by atoms with Gasteiger partial charge in [-0.2, -0.15) is 0 Å². The van der Waals surface area contributed by atoms with Gasteiger partial charge in [0, 0.05) is 10.8 Å². The third-order valence-electron chi connectivity index (χ3n) is 8.81. The lowest BCUT2D eigenvalue weighted by molar-refractivity contribution is -0.181. The van der Waals surface area contributed by atoms with E-state index in [9.17, 15) is 24.9 Å². The molecule has 0 aliphatic heterocycles. The molecule has 4 aliphatic carbocycles. The molecule has 160 valence electrons. The van der Waals surface area contributed by atoms with E-state index < -0.39 is 44.7 Å². The number of rotatable bonds is 2. The van der Waals surface area contributed by atoms with Gasteiger partial charge in [0.1, 0.15) is 5.60 Å². The van der Waals surface area contributed by atoms with Gasteiger partial charge in [-0.1, -0.05) is 44.0 Å². The highest BCUT2D eigenvalue weighted by Crippen LogP contribution is 2.71. The highest BCUT2D eigenvalue weighted by Gasteiger charge is 2.74. The maximum Gasteiger partial charge on any atom is 0.208 e. The Morgan fingerprint density at radius 2 is 1.97 bits per heavy atom. The van der Waals surface area contributed by atoms with E-state index in [0.29, 0.717) is 19.3 Å². The summed E-state index contributed by atoms with van der Waals surface area (Å²) in [7, 11) is 0. The number of carbonyl (C=O) groups is 2. The van der Waals surface area contributed by atoms with Gasteiger partial charge < -0.3 is 15.3 Å². The van der Waals surface area contributed by atoms with Crippen LogP contribution in [0.15, 0.2) is 23.8 Å². The van der Waals surface area contributed by atoms with E-state index in [1.807, 2.05) is 19.9 Å². The Bertz CT molecular complexity index is 837. The maximum atomic E-state index is 12.8. The molecule has 0 aromatic rings. The van der Waals surface area contributed by atoms with E-state index in [0.717, 1.165) is 5.57 Å². The van der Waals surface area contributed by atoms with Crippen LogP contribution >= 0.6 is 23.2 Å². The number of hydrogen-bond acceptors (Lipinski definition) is 5. The van der Waals surface area contributed by atoms with Crippen molar-refractivity contribution in [3.05, 3.63) is 23.8 Å². The van der Waals surface area contributed by atoms with Crippen LogP contribution in [0.2, 0.25) is 0 Å². The molecule has 0 aromatic carbocycles. The predicted octanol–water partition coefficient (Wildman–Crippen LogP) is 2.73. The standard InChI is InChI=1S/C22H28Cl2O5/c1-11-8-15-14-5-4-12-9-13(25)6-7-19(12,2)21(14,24)16(26)10-20(15,3)22(11,29)17(27)18(23)28/h6-7,9,11,14-16,18,26,28-29H,4-5,8,10H2,1-3H3/t11-,14?,15+,16+,18?,19+,20+,21+,22+/m1/s1. The molecule has 0 spiro atoms. The normalized spacial score (nSPS) is 52.3. The Morgan fingerprint density at radius 1 is 1.31 bits per heavy atom. The molecule has 0 bridgehead atoms. The van der Waals surface area contributed by atoms with Gasteiger partial charge in [-0.3, -0.25) is 9.59 Å². The predicted molar refractivity (Wildman–Crippen MR) is 109 cm³/mol. The van der Waals surface area contributed by atoms with Crippen LogP contribution in [-0.2, 0) is 9.59 Å². The summed E-state index contributed by atoms with van der Waals surface area (Å²) in [6, 6.07) is 0. The zero-order valence-electron chi connectivity index (χ0n) is 16.9. The summed E-state index contributed by atoms with van der Waals surface area (Å²) in [6.07, 6.45) is 5.92. The maximum absolute atomic E-state index is 12.8. The van der Waals surface area contributed by atoms with E-state index in [4.69, 9.17) is 23.2 Å². The van der Waals surface area contributed by atoms with E-state index in [2.05, 4.69) is 0 Å². The average molecular weight is 443 g/mol. The van der Waals surface area contributed by atoms with Gasteiger partial charge in [-0.25, -0.2) is 0 Å². The molecule has 0 heterocycles. The number of aliphatic hydroxyl groups is 3. The minimum Gasteiger partial charge on any atom is -0.391 e. The third-order valence-corrected chi connectivity index (χ3v) is 9.94. The van der Waals surface area contributed by atoms with Crippen molar-refractivity contribution in [1.29, 1.82) is 0 Å². The second-order valence-electron chi connectivity index (χ2n) is 9.87. The lowest BCUT2D eigenvalue weighted by atomic mass is 9.45. The number of alkyl halides is 2. The van der Waals surface area contributed by atoms with Crippen LogP contribution in [0.5, 0.6) is 0 Å². The van der Waals surface area contributed by atoms with Crippen LogP contribution in [0.1, 0.15) is 46.5 Å².